The molecule has 0 aliphatic heterocycles. The molecule has 38 heavy (non-hydrogen) atoms. The van der Waals surface area contributed by atoms with Crippen molar-refractivity contribution >= 4 is 29.0 Å². The summed E-state index contributed by atoms with van der Waals surface area (Å²) >= 11 is 0. The number of aromatic nitrogens is 1. The fraction of sp³-hybridized carbons (Fsp3) is 0.273. The average Bonchev–Trinajstić information content (AvgIpc) is 3.28. The van der Waals surface area contributed by atoms with Crippen LogP contribution < -0.4 is 0 Å². The number of aryl methyl sites for hydroxylation is 3. The molecule has 1 heterocycles. The Morgan fingerprint density at radius 3 is 2.32 bits per heavy atom. The van der Waals surface area contributed by atoms with Gasteiger partial charge in [0.25, 0.3) is 0 Å². The zero-order valence-electron chi connectivity index (χ0n) is 22.7. The Bertz CT molecular complexity index is 1440. The van der Waals surface area contributed by atoms with E-state index in [-0.39, 0.29) is 5.97 Å². The summed E-state index contributed by atoms with van der Waals surface area (Å²) in [6.45, 7) is 9.73. The Morgan fingerprint density at radius 1 is 0.921 bits per heavy atom. The minimum Gasteiger partial charge on any atom is -0.455 e. The lowest BCUT2D eigenvalue weighted by Crippen LogP contribution is -2.26. The summed E-state index contributed by atoms with van der Waals surface area (Å²) in [6.07, 6.45) is 6.28. The minimum atomic E-state index is -0.570. The standard InChI is InChI=1S/C33H35NO4/c1-23-19-24(2)21-26(20-23)12-15-29(37-31(35)27-9-7-6-8-10-27)14-11-25-13-16-30-28(22-25)17-18-34(30)32(36)38-33(3,4)5/h6-11,13-14,16-22,29H,12,15H2,1-5H3/b14-11+/t29-/m0/s1. The van der Waals surface area contributed by atoms with Crippen LogP contribution in [-0.2, 0) is 15.9 Å². The number of carbonyl (C=O) groups excluding carboxylic acids is 2. The van der Waals surface area contributed by atoms with Gasteiger partial charge in [-0.3, -0.25) is 4.57 Å². The summed E-state index contributed by atoms with van der Waals surface area (Å²) in [5.74, 6) is -0.342. The Hall–Kier alpha value is -4.12. The Labute approximate surface area is 224 Å². The summed E-state index contributed by atoms with van der Waals surface area (Å²) < 4.78 is 12.9. The van der Waals surface area contributed by atoms with Gasteiger partial charge in [0.15, 0.2) is 0 Å². The Balaban J connectivity index is 1.53. The van der Waals surface area contributed by atoms with E-state index >= 15 is 0 Å². The minimum absolute atomic E-state index is 0.342. The first kappa shape index (κ1) is 26.9. The number of fused-ring (bicyclic) bond motifs is 1. The van der Waals surface area contributed by atoms with Crippen LogP contribution in [0.3, 0.4) is 0 Å². The first-order valence-electron chi connectivity index (χ1n) is 12.9. The summed E-state index contributed by atoms with van der Waals surface area (Å²) in [5.41, 5.74) is 5.35. The number of esters is 1. The van der Waals surface area contributed by atoms with Crippen molar-refractivity contribution in [2.45, 2.75) is 59.2 Å². The van der Waals surface area contributed by atoms with Gasteiger partial charge in [0, 0.05) is 11.6 Å². The Morgan fingerprint density at radius 2 is 1.63 bits per heavy atom. The number of rotatable bonds is 7. The maximum absolute atomic E-state index is 12.8. The highest BCUT2D eigenvalue weighted by Crippen LogP contribution is 2.22. The van der Waals surface area contributed by atoms with Gasteiger partial charge in [0.1, 0.15) is 11.7 Å². The maximum Gasteiger partial charge on any atom is 0.418 e. The molecule has 1 aromatic heterocycles. The molecule has 0 unspecified atom stereocenters. The van der Waals surface area contributed by atoms with Gasteiger partial charge in [-0.05, 0) is 95.0 Å². The molecule has 0 aliphatic rings. The van der Waals surface area contributed by atoms with Crippen molar-refractivity contribution in [2.75, 3.05) is 0 Å². The normalized spacial score (nSPS) is 12.6. The predicted molar refractivity (Wildman–Crippen MR) is 152 cm³/mol. The second-order valence-electron chi connectivity index (χ2n) is 10.7. The molecule has 0 aliphatic carbocycles. The first-order chi connectivity index (χ1) is 18.1. The van der Waals surface area contributed by atoms with Crippen molar-refractivity contribution in [1.29, 1.82) is 0 Å². The number of hydrogen-bond acceptors (Lipinski definition) is 4. The van der Waals surface area contributed by atoms with Crippen LogP contribution in [0.2, 0.25) is 0 Å². The second kappa shape index (κ2) is 11.5. The van der Waals surface area contributed by atoms with Gasteiger partial charge in [-0.15, -0.1) is 0 Å². The summed E-state index contributed by atoms with van der Waals surface area (Å²) in [4.78, 5) is 25.4. The fourth-order valence-electron chi connectivity index (χ4n) is 4.45. The van der Waals surface area contributed by atoms with Crippen LogP contribution >= 0.6 is 0 Å². The molecular formula is C33H35NO4. The number of benzene rings is 3. The smallest absolute Gasteiger partial charge is 0.418 e. The molecular weight excluding hydrogens is 474 g/mol. The van der Waals surface area contributed by atoms with Gasteiger partial charge in [-0.2, -0.15) is 0 Å². The molecule has 0 spiro atoms. The highest BCUT2D eigenvalue weighted by atomic mass is 16.6. The predicted octanol–water partition coefficient (Wildman–Crippen LogP) is 7.91. The molecule has 4 aromatic rings. The van der Waals surface area contributed by atoms with Crippen molar-refractivity contribution in [3.05, 3.63) is 113 Å². The van der Waals surface area contributed by atoms with Gasteiger partial charge >= 0.3 is 12.1 Å². The molecule has 0 bridgehead atoms. The van der Waals surface area contributed by atoms with Crippen molar-refractivity contribution in [2.24, 2.45) is 0 Å². The molecule has 0 fully saturated rings. The van der Waals surface area contributed by atoms with E-state index in [4.69, 9.17) is 9.47 Å². The molecule has 1 atom stereocenters. The van der Waals surface area contributed by atoms with Crippen molar-refractivity contribution in [3.8, 4) is 0 Å². The molecule has 5 nitrogen and oxygen atoms in total. The molecule has 0 amide bonds. The number of ether oxygens (including phenoxy) is 2. The summed E-state index contributed by atoms with van der Waals surface area (Å²) in [7, 11) is 0. The Kier molecular flexibility index (Phi) is 8.16. The van der Waals surface area contributed by atoms with E-state index < -0.39 is 17.8 Å². The van der Waals surface area contributed by atoms with E-state index in [1.165, 1.54) is 21.3 Å². The van der Waals surface area contributed by atoms with Crippen LogP contribution in [0.4, 0.5) is 4.79 Å². The zero-order chi connectivity index (χ0) is 27.3. The third-order valence-corrected chi connectivity index (χ3v) is 6.07. The summed E-state index contributed by atoms with van der Waals surface area (Å²) in [6, 6.07) is 23.3. The monoisotopic (exact) mass is 509 g/mol. The lowest BCUT2D eigenvalue weighted by Gasteiger charge is -2.19. The lowest BCUT2D eigenvalue weighted by molar-refractivity contribution is 0.0381. The number of carbonyl (C=O) groups is 2. The topological polar surface area (TPSA) is 57.5 Å². The van der Waals surface area contributed by atoms with E-state index in [2.05, 4.69) is 32.0 Å². The quantitative estimate of drug-likeness (QED) is 0.238. The maximum atomic E-state index is 12.8. The second-order valence-corrected chi connectivity index (χ2v) is 10.7. The average molecular weight is 510 g/mol. The largest absolute Gasteiger partial charge is 0.455 e. The van der Waals surface area contributed by atoms with Crippen molar-refractivity contribution in [3.63, 3.8) is 0 Å². The van der Waals surface area contributed by atoms with Gasteiger partial charge in [0.05, 0.1) is 11.1 Å². The molecule has 196 valence electrons. The SMILES string of the molecule is Cc1cc(C)cc(CC[C@H](/C=C/c2ccc3c(ccn3C(=O)OC(C)(C)C)c2)OC(=O)c2ccccc2)c1. The van der Waals surface area contributed by atoms with Gasteiger partial charge in [0.2, 0.25) is 0 Å². The van der Waals surface area contributed by atoms with Crippen molar-refractivity contribution in [1.82, 2.24) is 4.57 Å². The third kappa shape index (κ3) is 7.22. The summed E-state index contributed by atoms with van der Waals surface area (Å²) in [5, 5.41) is 0.922. The van der Waals surface area contributed by atoms with Crippen molar-refractivity contribution < 1.29 is 19.1 Å². The number of nitrogens with zero attached hydrogens (tertiary/aromatic N) is 1. The van der Waals surface area contributed by atoms with Crippen LogP contribution in [0.15, 0.2) is 85.1 Å². The van der Waals surface area contributed by atoms with Crippen LogP contribution in [0.1, 0.15) is 59.8 Å². The molecule has 0 saturated heterocycles. The molecule has 3 aromatic carbocycles. The van der Waals surface area contributed by atoms with E-state index in [9.17, 15) is 9.59 Å². The van der Waals surface area contributed by atoms with Crippen LogP contribution in [-0.4, -0.2) is 28.3 Å². The molecule has 0 radical (unpaired) electrons. The molecule has 0 N–H and O–H groups in total. The van der Waals surface area contributed by atoms with Crippen LogP contribution in [0.25, 0.3) is 17.0 Å². The number of hydrogen-bond donors (Lipinski definition) is 0. The van der Waals surface area contributed by atoms with Crippen LogP contribution in [0.5, 0.6) is 0 Å². The third-order valence-electron chi connectivity index (χ3n) is 6.07. The van der Waals surface area contributed by atoms with Gasteiger partial charge in [-0.25, -0.2) is 9.59 Å². The van der Waals surface area contributed by atoms with E-state index in [0.29, 0.717) is 12.0 Å². The van der Waals surface area contributed by atoms with E-state index in [0.717, 1.165) is 22.9 Å². The highest BCUT2D eigenvalue weighted by molar-refractivity contribution is 5.91. The molecule has 4 rings (SSSR count). The van der Waals surface area contributed by atoms with Crippen LogP contribution in [0, 0.1) is 13.8 Å². The fourth-order valence-corrected chi connectivity index (χ4v) is 4.45. The van der Waals surface area contributed by atoms with E-state index in [1.54, 1.807) is 18.3 Å². The molecule has 5 heteroatoms. The van der Waals surface area contributed by atoms with E-state index in [1.807, 2.05) is 75.4 Å². The van der Waals surface area contributed by atoms with Gasteiger partial charge < -0.3 is 9.47 Å². The van der Waals surface area contributed by atoms with Gasteiger partial charge in [-0.1, -0.05) is 59.7 Å². The highest BCUT2D eigenvalue weighted by Gasteiger charge is 2.19. The molecule has 0 saturated carbocycles. The zero-order valence-corrected chi connectivity index (χ0v) is 22.7. The lowest BCUT2D eigenvalue weighted by atomic mass is 10.0. The first-order valence-corrected chi connectivity index (χ1v) is 12.9.